The highest BCUT2D eigenvalue weighted by Gasteiger charge is 2.25. The second kappa shape index (κ2) is 6.28. The molecule has 0 aliphatic carbocycles. The summed E-state index contributed by atoms with van der Waals surface area (Å²) < 4.78 is 29.1. The number of hydrogen-bond donors (Lipinski definition) is 0. The molecule has 0 saturated carbocycles. The van der Waals surface area contributed by atoms with Crippen LogP contribution in [0.3, 0.4) is 0 Å². The van der Waals surface area contributed by atoms with Gasteiger partial charge in [0.1, 0.15) is 5.82 Å². The zero-order valence-corrected chi connectivity index (χ0v) is 13.4. The second-order valence-electron chi connectivity index (χ2n) is 3.37. The molecule has 0 saturated heterocycles. The van der Waals surface area contributed by atoms with Gasteiger partial charge in [0.25, 0.3) is 22.6 Å². The minimum atomic E-state index is -0.269. The van der Waals surface area contributed by atoms with Gasteiger partial charge in [-0.3, -0.25) is 0 Å². The molecule has 1 rings (SSSR count). The molecule has 0 N–H and O–H groups in total. The Bertz CT molecular complexity index is 414. The highest BCUT2D eigenvalue weighted by molar-refractivity contribution is 14.1. The Kier molecular flexibility index (Phi) is 5.63. The normalized spacial score (nSPS) is 10.6. The van der Waals surface area contributed by atoms with Crippen LogP contribution in [0.4, 0.5) is 8.78 Å². The third kappa shape index (κ3) is 2.57. The highest BCUT2D eigenvalue weighted by Crippen LogP contribution is 2.25. The van der Waals surface area contributed by atoms with Crippen molar-refractivity contribution in [2.45, 2.75) is 24.2 Å². The Labute approximate surface area is 122 Å². The molecule has 0 spiro atoms. The van der Waals surface area contributed by atoms with Crippen molar-refractivity contribution in [3.63, 3.8) is 0 Å². The summed E-state index contributed by atoms with van der Waals surface area (Å²) in [7, 11) is 0. The maximum absolute atomic E-state index is 14.1. The lowest BCUT2D eigenvalue weighted by molar-refractivity contribution is -0.335. The minimum Gasteiger partial charge on any atom is -0.206 e. The first kappa shape index (κ1) is 14.3. The molecule has 16 heavy (non-hydrogen) atoms. The average molecular weight is 449 g/mol. The number of rotatable bonds is 4. The van der Waals surface area contributed by atoms with Gasteiger partial charge in [-0.15, -0.1) is 6.58 Å². The fourth-order valence-electron chi connectivity index (χ4n) is 1.63. The first-order valence-corrected chi connectivity index (χ1v) is 7.62. The van der Waals surface area contributed by atoms with Gasteiger partial charge in [-0.05, 0) is 12.8 Å². The molecule has 0 aliphatic heterocycles. The van der Waals surface area contributed by atoms with Crippen LogP contribution in [0.25, 0.3) is 0 Å². The predicted octanol–water partition coefficient (Wildman–Crippen LogP) is 0.646. The summed E-state index contributed by atoms with van der Waals surface area (Å²) >= 11 is 3.63. The van der Waals surface area contributed by atoms with E-state index in [0.717, 1.165) is 0 Å². The smallest absolute Gasteiger partial charge is 0.206 e. The molecule has 0 aliphatic rings. The molecule has 1 aromatic rings. The van der Waals surface area contributed by atoms with Crippen LogP contribution in [0.15, 0.2) is 12.7 Å². The van der Waals surface area contributed by atoms with Crippen molar-refractivity contribution >= 4 is 22.6 Å². The molecule has 88 valence electrons. The van der Waals surface area contributed by atoms with Crippen molar-refractivity contribution in [1.82, 2.24) is 0 Å². The quantitative estimate of drug-likeness (QED) is 0.274. The van der Waals surface area contributed by atoms with Crippen LogP contribution in [0, 0.1) is 15.2 Å². The van der Waals surface area contributed by atoms with E-state index in [4.69, 9.17) is 0 Å². The first-order valence-electron chi connectivity index (χ1n) is 4.93. The second-order valence-corrected chi connectivity index (χ2v) is 5.30. The van der Waals surface area contributed by atoms with Gasteiger partial charge in [-0.25, -0.2) is 8.78 Å². The SMILES string of the molecule is C=CCc1c(F)c([IH+])c(CC)c(F)c1CI. The third-order valence-electron chi connectivity index (χ3n) is 2.47. The van der Waals surface area contributed by atoms with Crippen molar-refractivity contribution < 1.29 is 31.4 Å². The molecule has 0 nitrogen and oxygen atoms in total. The first-order chi connectivity index (χ1) is 7.58. The van der Waals surface area contributed by atoms with Crippen LogP contribution < -0.4 is 22.6 Å². The van der Waals surface area contributed by atoms with E-state index in [1.165, 1.54) is 0 Å². The number of hydrogen-bond acceptors (Lipinski definition) is 0. The van der Waals surface area contributed by atoms with E-state index in [2.05, 4.69) is 29.2 Å². The Balaban J connectivity index is 3.55. The number of benzene rings is 1. The maximum Gasteiger partial charge on any atom is 0.300 e. The molecule has 0 bridgehead atoms. The Morgan fingerprint density at radius 1 is 1.25 bits per heavy atom. The highest BCUT2D eigenvalue weighted by atomic mass is 127. The topological polar surface area (TPSA) is 0 Å². The monoisotopic (exact) mass is 449 g/mol. The summed E-state index contributed by atoms with van der Waals surface area (Å²) in [6.45, 7) is 5.43. The zero-order valence-electron chi connectivity index (χ0n) is 8.95. The molecular weight excluding hydrogens is 436 g/mol. The average Bonchev–Trinajstić information content (AvgIpc) is 2.27. The Morgan fingerprint density at radius 3 is 2.31 bits per heavy atom. The molecule has 0 heterocycles. The van der Waals surface area contributed by atoms with Crippen LogP contribution in [0.1, 0.15) is 23.6 Å². The van der Waals surface area contributed by atoms with Crippen molar-refractivity contribution in [3.8, 4) is 0 Å². The molecule has 0 fully saturated rings. The molecule has 0 aromatic heterocycles. The number of allylic oxidation sites excluding steroid dienone is 1. The van der Waals surface area contributed by atoms with Crippen molar-refractivity contribution in [2.75, 3.05) is 0 Å². The van der Waals surface area contributed by atoms with E-state index in [-0.39, 0.29) is 11.6 Å². The molecule has 0 unspecified atom stereocenters. The van der Waals surface area contributed by atoms with Gasteiger partial charge >= 0.3 is 0 Å². The van der Waals surface area contributed by atoms with Gasteiger partial charge in [0.05, 0.1) is 0 Å². The van der Waals surface area contributed by atoms with Crippen molar-refractivity contribution in [1.29, 1.82) is 0 Å². The van der Waals surface area contributed by atoms with Gasteiger partial charge in [0, 0.05) is 21.1 Å². The molecule has 0 radical (unpaired) electrons. The summed E-state index contributed by atoms with van der Waals surface area (Å²) in [4.78, 5) is 0. The van der Waals surface area contributed by atoms with Crippen LogP contribution in [-0.2, 0) is 17.3 Å². The summed E-state index contributed by atoms with van der Waals surface area (Å²) in [6.07, 6.45) is 2.52. The standard InChI is InChI=1S/C12H13F2I2/c1-3-5-8-9(6-15)10(13)7(4-2)12(16)11(8)14/h3,16H,1,4-6H2,2H3/q+1. The molecule has 0 amide bonds. The van der Waals surface area contributed by atoms with Crippen LogP contribution in [-0.4, -0.2) is 0 Å². The number of alkyl halides is 1. The van der Waals surface area contributed by atoms with Crippen LogP contribution >= 0.6 is 22.6 Å². The van der Waals surface area contributed by atoms with Gasteiger partial charge in [-0.2, -0.15) is 0 Å². The molecule has 0 atom stereocenters. The van der Waals surface area contributed by atoms with Crippen LogP contribution in [0.2, 0.25) is 0 Å². The lowest BCUT2D eigenvalue weighted by Gasteiger charge is -2.11. The van der Waals surface area contributed by atoms with E-state index >= 15 is 0 Å². The van der Waals surface area contributed by atoms with E-state index in [1.54, 1.807) is 28.7 Å². The largest absolute Gasteiger partial charge is 0.300 e. The minimum absolute atomic E-state index is 0.240. The Hall–Kier alpha value is 0.280. The number of halogens is 4. The van der Waals surface area contributed by atoms with Gasteiger partial charge < -0.3 is 0 Å². The van der Waals surface area contributed by atoms with Crippen LogP contribution in [0.5, 0.6) is 0 Å². The molecule has 4 heteroatoms. The summed E-state index contributed by atoms with van der Waals surface area (Å²) in [6, 6.07) is 0. The van der Waals surface area contributed by atoms with Gasteiger partial charge in [-0.1, -0.05) is 35.6 Å². The fraction of sp³-hybridized carbons (Fsp3) is 0.333. The van der Waals surface area contributed by atoms with E-state index in [9.17, 15) is 8.78 Å². The van der Waals surface area contributed by atoms with Gasteiger partial charge in [0.2, 0.25) is 3.57 Å². The third-order valence-corrected chi connectivity index (χ3v) is 4.45. The van der Waals surface area contributed by atoms with E-state index < -0.39 is 0 Å². The summed E-state index contributed by atoms with van der Waals surface area (Å²) in [5.41, 5.74) is 1.45. The fourth-order valence-corrected chi connectivity index (χ4v) is 3.44. The summed E-state index contributed by atoms with van der Waals surface area (Å²) in [5, 5.41) is 0. The van der Waals surface area contributed by atoms with E-state index in [1.807, 2.05) is 6.92 Å². The zero-order chi connectivity index (χ0) is 12.3. The summed E-state index contributed by atoms with van der Waals surface area (Å²) in [5.74, 6) is -0.509. The Morgan fingerprint density at radius 2 is 1.88 bits per heavy atom. The predicted molar refractivity (Wildman–Crippen MR) is 67.5 cm³/mol. The van der Waals surface area contributed by atoms with Crippen molar-refractivity contribution in [3.05, 3.63) is 44.5 Å². The lowest BCUT2D eigenvalue weighted by atomic mass is 9.99. The molecular formula is C12H13F2I2+. The van der Waals surface area contributed by atoms with E-state index in [0.29, 0.717) is 37.5 Å². The lowest BCUT2D eigenvalue weighted by Crippen LogP contribution is -3.34. The van der Waals surface area contributed by atoms with Gasteiger partial charge in [0.15, 0.2) is 5.82 Å². The molecule has 1 aromatic carbocycles. The maximum atomic E-state index is 14.1. The van der Waals surface area contributed by atoms with Crippen molar-refractivity contribution in [2.24, 2.45) is 0 Å².